The van der Waals surface area contributed by atoms with Crippen LogP contribution in [0.15, 0.2) is 33.2 Å². The van der Waals surface area contributed by atoms with Crippen LogP contribution in [0.3, 0.4) is 0 Å². The van der Waals surface area contributed by atoms with Gasteiger partial charge in [-0.05, 0) is 37.1 Å². The summed E-state index contributed by atoms with van der Waals surface area (Å²) in [5.74, 6) is 0.728. The Morgan fingerprint density at radius 1 is 1.14 bits per heavy atom. The van der Waals surface area contributed by atoms with Crippen molar-refractivity contribution in [2.45, 2.75) is 38.0 Å². The third kappa shape index (κ3) is 3.50. The molecular formula is C15H16BrN3O2. The predicted molar refractivity (Wildman–Crippen MR) is 82.2 cm³/mol. The van der Waals surface area contributed by atoms with E-state index in [4.69, 9.17) is 4.42 Å². The Morgan fingerprint density at radius 3 is 2.57 bits per heavy atom. The molecule has 0 unspecified atom stereocenters. The number of halogens is 1. The summed E-state index contributed by atoms with van der Waals surface area (Å²) in [5, 5.41) is 10.6. The van der Waals surface area contributed by atoms with Crippen LogP contribution in [-0.2, 0) is 0 Å². The summed E-state index contributed by atoms with van der Waals surface area (Å²) in [6, 6.07) is 7.27. The highest BCUT2D eigenvalue weighted by Gasteiger charge is 2.21. The summed E-state index contributed by atoms with van der Waals surface area (Å²) in [6.45, 7) is 0. The first-order valence-electron chi connectivity index (χ1n) is 7.13. The van der Waals surface area contributed by atoms with Crippen LogP contribution < -0.4 is 5.32 Å². The average molecular weight is 350 g/mol. The number of hydrogen-bond donors (Lipinski definition) is 1. The van der Waals surface area contributed by atoms with Crippen LogP contribution in [0.4, 0.5) is 6.01 Å². The van der Waals surface area contributed by atoms with Crippen LogP contribution in [0.1, 0.15) is 54.3 Å². The number of hydrogen-bond acceptors (Lipinski definition) is 4. The zero-order chi connectivity index (χ0) is 14.7. The van der Waals surface area contributed by atoms with Crippen LogP contribution >= 0.6 is 15.9 Å². The monoisotopic (exact) mass is 349 g/mol. The van der Waals surface area contributed by atoms with Crippen molar-refractivity contribution in [1.82, 2.24) is 10.2 Å². The fourth-order valence-corrected chi connectivity index (χ4v) is 2.83. The summed E-state index contributed by atoms with van der Waals surface area (Å²) in [7, 11) is 0. The SMILES string of the molecule is O=C(Nc1nnc(C2CCCCC2)o1)c1ccc(Br)cc1. The fraction of sp³-hybridized carbons (Fsp3) is 0.400. The Bertz CT molecular complexity index is 618. The lowest BCUT2D eigenvalue weighted by Crippen LogP contribution is -2.11. The van der Waals surface area contributed by atoms with Crippen molar-refractivity contribution in [3.63, 3.8) is 0 Å². The Morgan fingerprint density at radius 2 is 1.86 bits per heavy atom. The quantitative estimate of drug-likeness (QED) is 0.904. The zero-order valence-electron chi connectivity index (χ0n) is 11.5. The highest BCUT2D eigenvalue weighted by atomic mass is 79.9. The van der Waals surface area contributed by atoms with E-state index in [1.54, 1.807) is 12.1 Å². The Balaban J connectivity index is 1.66. The molecule has 2 aromatic rings. The summed E-state index contributed by atoms with van der Waals surface area (Å²) in [4.78, 5) is 12.1. The maximum atomic E-state index is 12.1. The van der Waals surface area contributed by atoms with Gasteiger partial charge in [0.1, 0.15) is 0 Å². The minimum absolute atomic E-state index is 0.170. The van der Waals surface area contributed by atoms with E-state index in [9.17, 15) is 4.79 Å². The van der Waals surface area contributed by atoms with Crippen molar-refractivity contribution < 1.29 is 9.21 Å². The minimum atomic E-state index is -0.249. The molecule has 1 aliphatic carbocycles. The van der Waals surface area contributed by atoms with Crippen molar-refractivity contribution in [1.29, 1.82) is 0 Å². The second kappa shape index (κ2) is 6.39. The molecule has 0 bridgehead atoms. The van der Waals surface area contributed by atoms with Gasteiger partial charge in [-0.15, -0.1) is 5.10 Å². The van der Waals surface area contributed by atoms with E-state index in [-0.39, 0.29) is 11.9 Å². The molecule has 1 aromatic carbocycles. The van der Waals surface area contributed by atoms with Crippen LogP contribution in [0.25, 0.3) is 0 Å². The molecule has 6 heteroatoms. The van der Waals surface area contributed by atoms with E-state index in [1.165, 1.54) is 19.3 Å². The molecule has 0 spiro atoms. The first-order chi connectivity index (χ1) is 10.2. The molecular weight excluding hydrogens is 334 g/mol. The molecule has 1 saturated carbocycles. The molecule has 1 heterocycles. The molecule has 1 fully saturated rings. The molecule has 21 heavy (non-hydrogen) atoms. The van der Waals surface area contributed by atoms with Crippen LogP contribution in [-0.4, -0.2) is 16.1 Å². The molecule has 3 rings (SSSR count). The summed E-state index contributed by atoms with van der Waals surface area (Å²) in [6.07, 6.45) is 5.85. The van der Waals surface area contributed by atoms with E-state index >= 15 is 0 Å². The van der Waals surface area contributed by atoms with Crippen molar-refractivity contribution in [3.8, 4) is 0 Å². The molecule has 1 amide bonds. The van der Waals surface area contributed by atoms with Gasteiger partial charge in [0.2, 0.25) is 5.89 Å². The number of carbonyl (C=O) groups excluding carboxylic acids is 1. The number of amides is 1. The standard InChI is InChI=1S/C15H16BrN3O2/c16-12-8-6-10(7-9-12)13(20)17-15-19-18-14(21-15)11-4-2-1-3-5-11/h6-9,11H,1-5H2,(H,17,19,20). The largest absolute Gasteiger partial charge is 0.408 e. The maximum Gasteiger partial charge on any atom is 0.322 e. The third-order valence-corrected chi connectivity index (χ3v) is 4.25. The number of benzene rings is 1. The van der Waals surface area contributed by atoms with Crippen molar-refractivity contribution in [3.05, 3.63) is 40.2 Å². The number of nitrogens with zero attached hydrogens (tertiary/aromatic N) is 2. The van der Waals surface area contributed by atoms with Crippen molar-refractivity contribution in [2.24, 2.45) is 0 Å². The van der Waals surface area contributed by atoms with Crippen LogP contribution in [0.5, 0.6) is 0 Å². The topological polar surface area (TPSA) is 68.0 Å². The molecule has 5 nitrogen and oxygen atoms in total. The molecule has 1 N–H and O–H groups in total. The minimum Gasteiger partial charge on any atom is -0.408 e. The van der Waals surface area contributed by atoms with E-state index in [1.807, 2.05) is 12.1 Å². The van der Waals surface area contributed by atoms with Crippen LogP contribution in [0, 0.1) is 0 Å². The van der Waals surface area contributed by atoms with Gasteiger partial charge in [-0.1, -0.05) is 40.3 Å². The maximum absolute atomic E-state index is 12.1. The molecule has 0 aliphatic heterocycles. The van der Waals surface area contributed by atoms with Gasteiger partial charge in [0.05, 0.1) is 0 Å². The summed E-state index contributed by atoms with van der Waals surface area (Å²) >= 11 is 3.34. The Kier molecular flexibility index (Phi) is 4.34. The normalized spacial score (nSPS) is 15.9. The van der Waals surface area contributed by atoms with Gasteiger partial charge >= 0.3 is 6.01 Å². The van der Waals surface area contributed by atoms with E-state index in [0.717, 1.165) is 17.3 Å². The molecule has 1 aromatic heterocycles. The Hall–Kier alpha value is -1.69. The van der Waals surface area contributed by atoms with Gasteiger partial charge in [0, 0.05) is 16.0 Å². The average Bonchev–Trinajstić information content (AvgIpc) is 2.97. The molecule has 0 atom stereocenters. The summed E-state index contributed by atoms with van der Waals surface area (Å²) < 4.78 is 6.50. The number of anilines is 1. The first kappa shape index (κ1) is 14.3. The van der Waals surface area contributed by atoms with Gasteiger partial charge in [0.15, 0.2) is 0 Å². The van der Waals surface area contributed by atoms with Gasteiger partial charge < -0.3 is 4.42 Å². The molecule has 1 aliphatic rings. The fourth-order valence-electron chi connectivity index (χ4n) is 2.57. The van der Waals surface area contributed by atoms with E-state index in [2.05, 4.69) is 31.4 Å². The molecule has 0 saturated heterocycles. The second-order valence-corrected chi connectivity index (χ2v) is 6.16. The predicted octanol–water partition coefficient (Wildman–Crippen LogP) is 4.13. The van der Waals surface area contributed by atoms with Crippen molar-refractivity contribution in [2.75, 3.05) is 5.32 Å². The first-order valence-corrected chi connectivity index (χ1v) is 7.92. The number of rotatable bonds is 3. The number of carbonyl (C=O) groups is 1. The van der Waals surface area contributed by atoms with Crippen LogP contribution in [0.2, 0.25) is 0 Å². The smallest absolute Gasteiger partial charge is 0.322 e. The van der Waals surface area contributed by atoms with Gasteiger partial charge in [0.25, 0.3) is 5.91 Å². The second-order valence-electron chi connectivity index (χ2n) is 5.24. The third-order valence-electron chi connectivity index (χ3n) is 3.72. The molecule has 0 radical (unpaired) electrons. The molecule has 110 valence electrons. The highest BCUT2D eigenvalue weighted by molar-refractivity contribution is 9.10. The van der Waals surface area contributed by atoms with E-state index in [0.29, 0.717) is 17.4 Å². The van der Waals surface area contributed by atoms with Crippen molar-refractivity contribution >= 4 is 27.9 Å². The number of aromatic nitrogens is 2. The number of nitrogens with one attached hydrogen (secondary N) is 1. The zero-order valence-corrected chi connectivity index (χ0v) is 13.1. The van der Waals surface area contributed by atoms with Gasteiger partial charge in [-0.25, -0.2) is 0 Å². The Labute approximate surface area is 131 Å². The lowest BCUT2D eigenvalue weighted by atomic mass is 9.89. The lowest BCUT2D eigenvalue weighted by molar-refractivity contribution is 0.102. The lowest BCUT2D eigenvalue weighted by Gasteiger charge is -2.17. The van der Waals surface area contributed by atoms with Gasteiger partial charge in [-0.3, -0.25) is 10.1 Å². The summed E-state index contributed by atoms with van der Waals surface area (Å²) in [5.41, 5.74) is 0.551. The highest BCUT2D eigenvalue weighted by Crippen LogP contribution is 2.32. The van der Waals surface area contributed by atoms with Gasteiger partial charge in [-0.2, -0.15) is 0 Å². The van der Waals surface area contributed by atoms with E-state index < -0.39 is 0 Å².